The first-order valence-electron chi connectivity index (χ1n) is 17.2. The summed E-state index contributed by atoms with van der Waals surface area (Å²) in [6.07, 6.45) is 17.7. The molecule has 0 spiro atoms. The Morgan fingerprint density at radius 2 is 1.76 bits per heavy atom. The van der Waals surface area contributed by atoms with Crippen molar-refractivity contribution in [1.82, 2.24) is 0 Å². The maximum atomic E-state index is 6.68. The van der Waals surface area contributed by atoms with Crippen molar-refractivity contribution in [2.24, 2.45) is 46.3 Å². The molecule has 0 aromatic carbocycles. The fraction of sp³-hybridized carbons (Fsp3) is 0.944. The fourth-order valence-corrected chi connectivity index (χ4v) is 10.8. The second-order valence-electron chi connectivity index (χ2n) is 15.6. The highest BCUT2D eigenvalue weighted by molar-refractivity contribution is 5.25. The van der Waals surface area contributed by atoms with Gasteiger partial charge in [0, 0.05) is 27.8 Å². The zero-order valence-electron chi connectivity index (χ0n) is 27.7. The number of allylic oxidation sites excluding steroid dienone is 1. The molecule has 41 heavy (non-hydrogen) atoms. The van der Waals surface area contributed by atoms with Gasteiger partial charge in [-0.05, 0) is 97.7 Å². The van der Waals surface area contributed by atoms with Crippen LogP contribution in [0.5, 0.6) is 0 Å². The molecule has 4 fully saturated rings. The van der Waals surface area contributed by atoms with Gasteiger partial charge in [-0.2, -0.15) is 0 Å². The first-order valence-corrected chi connectivity index (χ1v) is 17.2. The molecule has 5 rings (SSSR count). The van der Waals surface area contributed by atoms with Crippen LogP contribution in [0.2, 0.25) is 0 Å². The molecule has 1 saturated heterocycles. The number of hydrogen-bond donors (Lipinski definition) is 0. The predicted octanol–water partition coefficient (Wildman–Crippen LogP) is 8.20. The van der Waals surface area contributed by atoms with Crippen molar-refractivity contribution in [3.05, 3.63) is 11.6 Å². The molecule has 1 heterocycles. The minimum absolute atomic E-state index is 0.0490. The zero-order chi connectivity index (χ0) is 29.4. The number of methoxy groups -OCH3 is 3. The Morgan fingerprint density at radius 1 is 0.951 bits per heavy atom. The number of rotatable bonds is 11. The van der Waals surface area contributed by atoms with Crippen LogP contribution in [0.4, 0.5) is 0 Å². The van der Waals surface area contributed by atoms with E-state index in [0.717, 1.165) is 48.3 Å². The van der Waals surface area contributed by atoms with Gasteiger partial charge in [0.1, 0.15) is 12.2 Å². The fourth-order valence-electron chi connectivity index (χ4n) is 10.8. The molecule has 3 saturated carbocycles. The predicted molar refractivity (Wildman–Crippen MR) is 165 cm³/mol. The van der Waals surface area contributed by atoms with E-state index in [1.54, 1.807) is 26.9 Å². The molecule has 5 heteroatoms. The number of ether oxygens (including phenoxy) is 5. The summed E-state index contributed by atoms with van der Waals surface area (Å²) < 4.78 is 30.0. The normalized spacial score (nSPS) is 45.1. The number of hydrogen-bond acceptors (Lipinski definition) is 5. The average Bonchev–Trinajstić information content (AvgIpc) is 3.30. The Labute approximate surface area is 251 Å². The third kappa shape index (κ3) is 6.23. The second kappa shape index (κ2) is 13.3. The van der Waals surface area contributed by atoms with Crippen LogP contribution >= 0.6 is 0 Å². The Morgan fingerprint density at radius 3 is 2.46 bits per heavy atom. The molecule has 236 valence electrons. The third-order valence-electron chi connectivity index (χ3n) is 13.0. The first kappa shape index (κ1) is 31.9. The van der Waals surface area contributed by atoms with Crippen LogP contribution in [0.3, 0.4) is 0 Å². The van der Waals surface area contributed by atoms with Gasteiger partial charge >= 0.3 is 0 Å². The molecule has 5 aliphatic rings. The summed E-state index contributed by atoms with van der Waals surface area (Å²) in [5.41, 5.74) is 2.57. The standard InChI is InChI=1S/C36H62O5/c1-23(2)10-9-11-24(3)28-14-15-29-27-13-12-25-20-26(16-18-35(25,4)30(27)17-19-36(28,29)5)40-33-21-31(38-7)34(39-8)32(41-33)22-37-6/h12,23-24,26-34H,9-11,13-22H2,1-8H3/t24?,26-,27?,28+,29?,30?,31+,32+,33?,34-,35-,36+/m0/s1. The van der Waals surface area contributed by atoms with Crippen molar-refractivity contribution in [1.29, 1.82) is 0 Å². The van der Waals surface area contributed by atoms with Crippen molar-refractivity contribution in [3.8, 4) is 0 Å². The Hall–Kier alpha value is -0.460. The average molecular weight is 575 g/mol. The topological polar surface area (TPSA) is 46.2 Å². The van der Waals surface area contributed by atoms with Crippen molar-refractivity contribution in [2.75, 3.05) is 27.9 Å². The molecular formula is C36H62O5. The van der Waals surface area contributed by atoms with Crippen LogP contribution < -0.4 is 0 Å². The Kier molecular flexibility index (Phi) is 10.3. The summed E-state index contributed by atoms with van der Waals surface area (Å²) in [5, 5.41) is 0. The first-order chi connectivity index (χ1) is 19.6. The van der Waals surface area contributed by atoms with E-state index in [2.05, 4.69) is 40.7 Å². The minimum atomic E-state index is -0.272. The SMILES string of the molecule is COC[C@H]1OC(O[C@H]2CC[C@@]3(C)C(=CCC4C3CC[C@@]3(C)C4CC[C@@H]3C(C)CCCC(C)C)C2)C[C@@H](OC)[C@@H]1OC. The third-order valence-corrected chi connectivity index (χ3v) is 13.0. The molecular weight excluding hydrogens is 512 g/mol. The van der Waals surface area contributed by atoms with Crippen molar-refractivity contribution in [3.63, 3.8) is 0 Å². The van der Waals surface area contributed by atoms with Crippen LogP contribution in [-0.2, 0) is 23.7 Å². The lowest BCUT2D eigenvalue weighted by molar-refractivity contribution is -0.279. The second-order valence-corrected chi connectivity index (χ2v) is 15.6. The van der Waals surface area contributed by atoms with Crippen LogP contribution in [0, 0.1) is 46.3 Å². The summed E-state index contributed by atoms with van der Waals surface area (Å²) in [7, 11) is 5.19. The van der Waals surface area contributed by atoms with Gasteiger partial charge in [0.25, 0.3) is 0 Å². The molecule has 1 aliphatic heterocycles. The zero-order valence-corrected chi connectivity index (χ0v) is 27.7. The summed E-state index contributed by atoms with van der Waals surface area (Å²) >= 11 is 0. The van der Waals surface area contributed by atoms with Crippen LogP contribution in [0.15, 0.2) is 11.6 Å². The van der Waals surface area contributed by atoms with Crippen molar-refractivity contribution >= 4 is 0 Å². The molecule has 5 unspecified atom stereocenters. The monoisotopic (exact) mass is 574 g/mol. The molecule has 0 radical (unpaired) electrons. The highest BCUT2D eigenvalue weighted by Gasteiger charge is 2.59. The summed E-state index contributed by atoms with van der Waals surface area (Å²) in [4.78, 5) is 0. The smallest absolute Gasteiger partial charge is 0.161 e. The van der Waals surface area contributed by atoms with Gasteiger partial charge < -0.3 is 23.7 Å². The highest BCUT2D eigenvalue weighted by atomic mass is 16.7. The van der Waals surface area contributed by atoms with Crippen LogP contribution in [0.25, 0.3) is 0 Å². The van der Waals surface area contributed by atoms with Gasteiger partial charge in [0.15, 0.2) is 6.29 Å². The molecule has 12 atom stereocenters. The number of fused-ring (bicyclic) bond motifs is 5. The van der Waals surface area contributed by atoms with E-state index in [1.807, 2.05) is 0 Å². The van der Waals surface area contributed by atoms with Crippen LogP contribution in [0.1, 0.15) is 112 Å². The molecule has 0 N–H and O–H groups in total. The van der Waals surface area contributed by atoms with Crippen LogP contribution in [-0.4, -0.2) is 58.6 Å². The maximum Gasteiger partial charge on any atom is 0.161 e. The maximum absolute atomic E-state index is 6.68. The summed E-state index contributed by atoms with van der Waals surface area (Å²) in [5.74, 6) is 5.26. The van der Waals surface area contributed by atoms with E-state index >= 15 is 0 Å². The largest absolute Gasteiger partial charge is 0.382 e. The molecule has 0 aromatic heterocycles. The van der Waals surface area contributed by atoms with E-state index in [4.69, 9.17) is 23.7 Å². The van der Waals surface area contributed by atoms with Gasteiger partial charge in [-0.25, -0.2) is 0 Å². The van der Waals surface area contributed by atoms with E-state index in [1.165, 1.54) is 57.8 Å². The summed E-state index contributed by atoms with van der Waals surface area (Å²) in [6.45, 7) is 13.1. The van der Waals surface area contributed by atoms with Gasteiger partial charge in [-0.1, -0.05) is 65.5 Å². The quantitative estimate of drug-likeness (QED) is 0.233. The van der Waals surface area contributed by atoms with E-state index in [9.17, 15) is 0 Å². The van der Waals surface area contributed by atoms with Gasteiger partial charge in [-0.15, -0.1) is 0 Å². The van der Waals surface area contributed by atoms with Crippen molar-refractivity contribution < 1.29 is 23.7 Å². The molecule has 0 bridgehead atoms. The Bertz CT molecular complexity index is 887. The molecule has 5 nitrogen and oxygen atoms in total. The minimum Gasteiger partial charge on any atom is -0.382 e. The van der Waals surface area contributed by atoms with E-state index < -0.39 is 0 Å². The van der Waals surface area contributed by atoms with E-state index in [-0.39, 0.29) is 30.7 Å². The lowest BCUT2D eigenvalue weighted by Crippen LogP contribution is -2.53. The lowest BCUT2D eigenvalue weighted by Gasteiger charge is -2.58. The van der Waals surface area contributed by atoms with Gasteiger partial charge in [0.2, 0.25) is 0 Å². The lowest BCUT2D eigenvalue weighted by atomic mass is 9.47. The van der Waals surface area contributed by atoms with E-state index in [0.29, 0.717) is 23.9 Å². The highest BCUT2D eigenvalue weighted by Crippen LogP contribution is 2.67. The molecule has 4 aliphatic carbocycles. The summed E-state index contributed by atoms with van der Waals surface area (Å²) in [6, 6.07) is 0. The molecule has 0 aromatic rings. The van der Waals surface area contributed by atoms with Gasteiger partial charge in [0.05, 0.1) is 18.8 Å². The molecule has 0 amide bonds. The van der Waals surface area contributed by atoms with Crippen molar-refractivity contribution in [2.45, 2.75) is 142 Å². The Balaban J connectivity index is 1.22. The van der Waals surface area contributed by atoms with Gasteiger partial charge in [-0.3, -0.25) is 0 Å².